The van der Waals surface area contributed by atoms with Crippen LogP contribution < -0.4 is 60.2 Å². The van der Waals surface area contributed by atoms with Gasteiger partial charge in [0.15, 0.2) is 5.96 Å². The Hall–Kier alpha value is -7.38. The average Bonchev–Trinajstić information content (AvgIpc) is 3.29. The number of nitrogens with zero attached hydrogens (tertiary/aromatic N) is 1. The molecule has 0 radical (unpaired) electrons. The number of hydrogen-bond donors (Lipinski definition) is 14. The molecule has 71 heavy (non-hydrogen) atoms. The summed E-state index contributed by atoms with van der Waals surface area (Å²) in [6, 6.07) is -4.03. The molecule has 0 saturated heterocycles. The van der Waals surface area contributed by atoms with Gasteiger partial charge in [0, 0.05) is 19.4 Å². The average molecular weight is 1010 g/mol. The number of aliphatic imine (C=N–C) groups is 1. The zero-order valence-corrected chi connectivity index (χ0v) is 40.9. The van der Waals surface area contributed by atoms with E-state index in [9.17, 15) is 68.1 Å². The second-order valence-corrected chi connectivity index (χ2v) is 17.5. The number of rotatable bonds is 33. The molecule has 0 aromatic heterocycles. The van der Waals surface area contributed by atoms with Crippen molar-refractivity contribution in [2.45, 2.75) is 148 Å². The Morgan fingerprint density at radius 1 is 0.549 bits per heavy atom. The fraction of sp³-hybridized carbons (Fsp3) is 0.600. The number of primary amides is 1. The van der Waals surface area contributed by atoms with Crippen molar-refractivity contribution >= 4 is 71.1 Å². The summed E-state index contributed by atoms with van der Waals surface area (Å²) in [5, 5.41) is 46.0. The SMILES string of the molecule is CC[C@H](C)[C@H](NC(=O)[C@H](CCCN=C(N)N)NC(=O)[C@H](CCC(=O)O)NC(=O)[C@H](Cc1ccccc1)NC(=O)[C@@H](NC(=O)[C@H](CC(=O)O)NC(=O)[C@H](CC(N)=O)NC(=O)[C@@H](N)C(C)C)[C@@H](C)CC)C(=O)O. The first-order valence-corrected chi connectivity index (χ1v) is 23.1. The quantitative estimate of drug-likeness (QED) is 0.0190. The first-order valence-electron chi connectivity index (χ1n) is 23.1. The molecule has 26 nitrogen and oxygen atoms in total. The Morgan fingerprint density at radius 3 is 1.51 bits per heavy atom. The summed E-state index contributed by atoms with van der Waals surface area (Å²) in [7, 11) is 0. The number of carboxylic acids is 3. The van der Waals surface area contributed by atoms with Crippen LogP contribution in [0.3, 0.4) is 0 Å². The van der Waals surface area contributed by atoms with Gasteiger partial charge in [0.05, 0.1) is 18.9 Å². The summed E-state index contributed by atoms with van der Waals surface area (Å²) in [6.45, 7) is 9.78. The third kappa shape index (κ3) is 22.7. The molecule has 0 heterocycles. The number of nitrogens with two attached hydrogens (primary N) is 4. The van der Waals surface area contributed by atoms with Crippen LogP contribution in [0.5, 0.6) is 0 Å². The Balaban J connectivity index is 3.64. The van der Waals surface area contributed by atoms with Gasteiger partial charge in [-0.05, 0) is 42.6 Å². The first-order chi connectivity index (χ1) is 33.2. The van der Waals surface area contributed by atoms with E-state index in [2.05, 4.69) is 42.2 Å². The molecule has 0 aliphatic carbocycles. The number of carbonyl (C=O) groups excluding carboxylic acids is 8. The number of carbonyl (C=O) groups is 11. The monoisotopic (exact) mass is 1000 g/mol. The fourth-order valence-corrected chi connectivity index (χ4v) is 6.70. The summed E-state index contributed by atoms with van der Waals surface area (Å²) >= 11 is 0. The number of amides is 8. The summed E-state index contributed by atoms with van der Waals surface area (Å²) in [5.74, 6) is -14.3. The topological polar surface area (TPSA) is 449 Å². The molecule has 10 atom stereocenters. The van der Waals surface area contributed by atoms with Crippen molar-refractivity contribution < 1.29 is 68.1 Å². The molecule has 26 heteroatoms. The van der Waals surface area contributed by atoms with Crippen LogP contribution in [0.1, 0.15) is 98.5 Å². The van der Waals surface area contributed by atoms with Crippen LogP contribution in [0.4, 0.5) is 0 Å². The summed E-state index contributed by atoms with van der Waals surface area (Å²) < 4.78 is 0. The number of guanidine groups is 1. The van der Waals surface area contributed by atoms with Crippen molar-refractivity contribution in [3.05, 3.63) is 35.9 Å². The third-order valence-corrected chi connectivity index (χ3v) is 11.4. The normalized spacial score (nSPS) is 15.2. The van der Waals surface area contributed by atoms with E-state index in [1.807, 2.05) is 0 Å². The van der Waals surface area contributed by atoms with Gasteiger partial charge >= 0.3 is 17.9 Å². The van der Waals surface area contributed by atoms with Crippen LogP contribution in [-0.4, -0.2) is 141 Å². The van der Waals surface area contributed by atoms with Crippen molar-refractivity contribution in [3.63, 3.8) is 0 Å². The highest BCUT2D eigenvalue weighted by molar-refractivity contribution is 5.99. The Labute approximate surface area is 411 Å². The predicted molar refractivity (Wildman–Crippen MR) is 256 cm³/mol. The van der Waals surface area contributed by atoms with E-state index < -0.39 is 157 Å². The molecule has 0 spiro atoms. The van der Waals surface area contributed by atoms with E-state index >= 15 is 0 Å². The maximum atomic E-state index is 14.3. The lowest BCUT2D eigenvalue weighted by molar-refractivity contribution is -0.144. The lowest BCUT2D eigenvalue weighted by atomic mass is 9.96. The maximum absolute atomic E-state index is 14.3. The summed E-state index contributed by atoms with van der Waals surface area (Å²) in [6.07, 6.45) is -2.66. The Kier molecular flexibility index (Phi) is 26.9. The fourth-order valence-electron chi connectivity index (χ4n) is 6.70. The molecule has 0 aliphatic heterocycles. The minimum absolute atomic E-state index is 0.00785. The Bertz CT molecular complexity index is 2050. The van der Waals surface area contributed by atoms with Crippen molar-refractivity contribution in [3.8, 4) is 0 Å². The van der Waals surface area contributed by atoms with Gasteiger partial charge in [0.2, 0.25) is 47.3 Å². The lowest BCUT2D eigenvalue weighted by Gasteiger charge is -2.29. The van der Waals surface area contributed by atoms with Crippen LogP contribution in [0, 0.1) is 17.8 Å². The lowest BCUT2D eigenvalue weighted by Crippen LogP contribution is -2.61. The first kappa shape index (κ1) is 61.6. The molecule has 1 aromatic carbocycles. The van der Waals surface area contributed by atoms with Crippen LogP contribution in [0.25, 0.3) is 0 Å². The van der Waals surface area contributed by atoms with E-state index in [1.165, 1.54) is 0 Å². The van der Waals surface area contributed by atoms with Gasteiger partial charge in [0.25, 0.3) is 0 Å². The minimum Gasteiger partial charge on any atom is -0.481 e. The van der Waals surface area contributed by atoms with E-state index in [1.54, 1.807) is 71.9 Å². The minimum atomic E-state index is -1.90. The van der Waals surface area contributed by atoms with Crippen LogP contribution >= 0.6 is 0 Å². The van der Waals surface area contributed by atoms with Crippen LogP contribution in [0.2, 0.25) is 0 Å². The molecule has 0 saturated carbocycles. The second kappa shape index (κ2) is 31.0. The van der Waals surface area contributed by atoms with Gasteiger partial charge in [-0.2, -0.15) is 0 Å². The number of nitrogens with one attached hydrogen (secondary N) is 7. The highest BCUT2D eigenvalue weighted by atomic mass is 16.4. The van der Waals surface area contributed by atoms with E-state index in [-0.39, 0.29) is 38.2 Å². The zero-order chi connectivity index (χ0) is 54.1. The molecule has 1 aromatic rings. The summed E-state index contributed by atoms with van der Waals surface area (Å²) in [5.41, 5.74) is 22.5. The summed E-state index contributed by atoms with van der Waals surface area (Å²) in [4.78, 5) is 148. The molecular formula is C45H72N12O14. The van der Waals surface area contributed by atoms with Gasteiger partial charge in [-0.15, -0.1) is 0 Å². The zero-order valence-electron chi connectivity index (χ0n) is 40.9. The molecule has 0 bridgehead atoms. The molecule has 8 amide bonds. The molecule has 0 unspecified atom stereocenters. The highest BCUT2D eigenvalue weighted by Gasteiger charge is 2.37. The molecule has 18 N–H and O–H groups in total. The molecule has 1 rings (SSSR count). The smallest absolute Gasteiger partial charge is 0.326 e. The maximum Gasteiger partial charge on any atom is 0.326 e. The number of benzene rings is 1. The largest absolute Gasteiger partial charge is 0.481 e. The Morgan fingerprint density at radius 2 is 1.00 bits per heavy atom. The van der Waals surface area contributed by atoms with Crippen LogP contribution in [0.15, 0.2) is 35.3 Å². The second-order valence-electron chi connectivity index (χ2n) is 17.5. The molecular weight excluding hydrogens is 933 g/mol. The molecule has 0 aliphatic rings. The van der Waals surface area contributed by atoms with Crippen molar-refractivity contribution in [1.82, 2.24) is 37.2 Å². The van der Waals surface area contributed by atoms with E-state index in [0.717, 1.165) is 0 Å². The number of aliphatic carboxylic acids is 3. The van der Waals surface area contributed by atoms with Crippen molar-refractivity contribution in [2.75, 3.05) is 6.54 Å². The van der Waals surface area contributed by atoms with Gasteiger partial charge < -0.3 is 75.5 Å². The highest BCUT2D eigenvalue weighted by Crippen LogP contribution is 2.14. The molecule has 396 valence electrons. The van der Waals surface area contributed by atoms with Gasteiger partial charge in [0.1, 0.15) is 42.3 Å². The van der Waals surface area contributed by atoms with Gasteiger partial charge in [-0.1, -0.05) is 84.7 Å². The number of carboxylic acid groups (broad SMARTS) is 3. The number of hydrogen-bond acceptors (Lipinski definition) is 13. The van der Waals surface area contributed by atoms with Crippen molar-refractivity contribution in [2.24, 2.45) is 45.7 Å². The van der Waals surface area contributed by atoms with Gasteiger partial charge in [-0.25, -0.2) is 4.79 Å². The van der Waals surface area contributed by atoms with E-state index in [4.69, 9.17) is 22.9 Å². The predicted octanol–water partition coefficient (Wildman–Crippen LogP) is -2.95. The van der Waals surface area contributed by atoms with Crippen LogP contribution in [-0.2, 0) is 59.2 Å². The van der Waals surface area contributed by atoms with E-state index in [0.29, 0.717) is 12.0 Å². The van der Waals surface area contributed by atoms with Crippen molar-refractivity contribution in [1.29, 1.82) is 0 Å². The molecule has 0 fully saturated rings. The standard InChI is InChI=1S/C45H72N12O14/c1-7-23(5)35(56-41(67)30(21-33(61)62)53-40(66)29(20-31(46)58)54-42(68)34(47)22(3)4)43(69)55-28(19-25-13-10-9-11-14-25)39(65)52-27(16-17-32(59)60)37(63)51-26(15-12-18-50-45(48)49)38(64)57-36(44(70)71)24(6)8-2/h9-11,13-14,22-24,26-30,34-36H,7-8,12,15-21,47H2,1-6H3,(H2,46,58)(H,51,63)(H,52,65)(H,53,66)(H,54,68)(H,55,69)(H,56,67)(H,57,64)(H,59,60)(H,61,62)(H,70,71)(H4,48,49,50)/t23-,24-,26-,27-,28-,29-,30-,34-,35-,36-/m0/s1. The third-order valence-electron chi connectivity index (χ3n) is 11.4. The van der Waals surface area contributed by atoms with Gasteiger partial charge in [-0.3, -0.25) is 52.9 Å².